The molecule has 1 aliphatic heterocycles. The molecule has 1 N–H and O–H groups in total. The quantitative estimate of drug-likeness (QED) is 0.490. The number of nitrogens with one attached hydrogen (secondary N) is 1. The number of Topliss-reactive ketones (excluding diaryl/α,β-unsaturated/α-hetero) is 1. The van der Waals surface area contributed by atoms with Crippen LogP contribution in [-0.2, 0) is 11.0 Å². The van der Waals surface area contributed by atoms with E-state index in [-0.39, 0.29) is 16.8 Å². The molecular weight excluding hydrogens is 401 g/mol. The van der Waals surface area contributed by atoms with E-state index < -0.39 is 17.7 Å². The summed E-state index contributed by atoms with van der Waals surface area (Å²) in [5.41, 5.74) is 2.39. The van der Waals surface area contributed by atoms with Crippen LogP contribution in [0.2, 0.25) is 0 Å². The molecule has 2 aromatic carbocycles. The summed E-state index contributed by atoms with van der Waals surface area (Å²) in [5.74, 6) is -0.909. The Labute approximate surface area is 178 Å². The number of alkyl halides is 3. The molecule has 2 aliphatic rings. The van der Waals surface area contributed by atoms with Gasteiger partial charge in [0.2, 0.25) is 0 Å². The van der Waals surface area contributed by atoms with Crippen molar-refractivity contribution in [2.45, 2.75) is 38.8 Å². The highest BCUT2D eigenvalue weighted by molar-refractivity contribution is 6.04. The molecule has 0 bridgehead atoms. The first-order valence-electron chi connectivity index (χ1n) is 10.2. The van der Waals surface area contributed by atoms with Gasteiger partial charge < -0.3 is 5.32 Å². The topological polar surface area (TPSA) is 42.0 Å². The van der Waals surface area contributed by atoms with Crippen LogP contribution in [-0.4, -0.2) is 10.8 Å². The zero-order chi connectivity index (χ0) is 22.0. The third kappa shape index (κ3) is 3.21. The number of allylic oxidation sites excluding steroid dienone is 2. The summed E-state index contributed by atoms with van der Waals surface area (Å²) in [7, 11) is 0. The lowest BCUT2D eigenvalue weighted by Gasteiger charge is -2.40. The first-order chi connectivity index (χ1) is 14.7. The average Bonchev–Trinajstić information content (AvgIpc) is 2.70. The van der Waals surface area contributed by atoms with Gasteiger partial charge in [-0.25, -0.2) is 0 Å². The smallest absolute Gasteiger partial charge is 0.358 e. The second-order valence-electron chi connectivity index (χ2n) is 9.07. The minimum atomic E-state index is -4.53. The highest BCUT2D eigenvalue weighted by Crippen LogP contribution is 2.52. The lowest BCUT2D eigenvalue weighted by molar-refractivity contribution is -0.138. The Morgan fingerprint density at radius 2 is 1.81 bits per heavy atom. The van der Waals surface area contributed by atoms with E-state index in [9.17, 15) is 18.0 Å². The SMILES string of the molecule is CC1(C)CC(=O)C2=C(C1)Nc1ccc3ncccc3c1[C@H]2c1ccccc1C(F)(F)F. The molecule has 3 aromatic rings. The number of pyridine rings is 1. The first-order valence-corrected chi connectivity index (χ1v) is 10.2. The summed E-state index contributed by atoms with van der Waals surface area (Å²) < 4.78 is 42.0. The molecule has 1 atom stereocenters. The molecular formula is C25H21F3N2O. The standard InChI is InChI=1S/C25H21F3N2O/c1-24(2)12-19-23(20(31)13-24)22(14-6-3-4-8-16(14)25(26,27)28)21-15-7-5-11-29-17(15)9-10-18(21)30-19/h3-11,22,30H,12-13H2,1-2H3/t22-/m1/s1. The zero-order valence-electron chi connectivity index (χ0n) is 17.2. The number of halogens is 3. The van der Waals surface area contributed by atoms with Crippen LogP contribution < -0.4 is 5.32 Å². The molecule has 31 heavy (non-hydrogen) atoms. The molecule has 0 unspecified atom stereocenters. The average molecular weight is 422 g/mol. The number of hydrogen-bond donors (Lipinski definition) is 1. The monoisotopic (exact) mass is 422 g/mol. The van der Waals surface area contributed by atoms with Crippen molar-refractivity contribution in [3.63, 3.8) is 0 Å². The van der Waals surface area contributed by atoms with Gasteiger partial charge in [-0.15, -0.1) is 0 Å². The third-order valence-electron chi connectivity index (χ3n) is 6.19. The summed E-state index contributed by atoms with van der Waals surface area (Å²) in [6, 6.07) is 12.9. The summed E-state index contributed by atoms with van der Waals surface area (Å²) in [6.07, 6.45) is -1.97. The van der Waals surface area contributed by atoms with Crippen molar-refractivity contribution in [3.8, 4) is 0 Å². The van der Waals surface area contributed by atoms with E-state index in [0.717, 1.165) is 22.8 Å². The second-order valence-corrected chi connectivity index (χ2v) is 9.07. The molecule has 0 amide bonds. The maximum absolute atomic E-state index is 14.0. The molecule has 3 nitrogen and oxygen atoms in total. The fraction of sp³-hybridized carbons (Fsp3) is 0.280. The Hall–Kier alpha value is -3.15. The fourth-order valence-corrected chi connectivity index (χ4v) is 5.00. The third-order valence-corrected chi connectivity index (χ3v) is 6.19. The Balaban J connectivity index is 1.86. The number of rotatable bonds is 1. The van der Waals surface area contributed by atoms with Gasteiger partial charge in [0.25, 0.3) is 0 Å². The predicted molar refractivity (Wildman–Crippen MR) is 114 cm³/mol. The molecule has 0 spiro atoms. The van der Waals surface area contributed by atoms with Crippen molar-refractivity contribution in [1.82, 2.24) is 4.98 Å². The summed E-state index contributed by atoms with van der Waals surface area (Å²) in [5, 5.41) is 4.13. The van der Waals surface area contributed by atoms with E-state index in [1.807, 2.05) is 32.0 Å². The number of nitrogens with zero attached hydrogens (tertiary/aromatic N) is 1. The van der Waals surface area contributed by atoms with E-state index in [4.69, 9.17) is 0 Å². The molecule has 0 saturated carbocycles. The number of aromatic nitrogens is 1. The Morgan fingerprint density at radius 3 is 2.58 bits per heavy atom. The van der Waals surface area contributed by atoms with Crippen LogP contribution in [0.1, 0.15) is 49.3 Å². The Kier molecular flexibility index (Phi) is 4.26. The predicted octanol–water partition coefficient (Wildman–Crippen LogP) is 6.45. The van der Waals surface area contributed by atoms with Gasteiger partial charge in [0.1, 0.15) is 0 Å². The number of carbonyl (C=O) groups excluding carboxylic acids is 1. The van der Waals surface area contributed by atoms with E-state index in [2.05, 4.69) is 10.3 Å². The van der Waals surface area contributed by atoms with Crippen molar-refractivity contribution < 1.29 is 18.0 Å². The summed E-state index contributed by atoms with van der Waals surface area (Å²) >= 11 is 0. The zero-order valence-corrected chi connectivity index (χ0v) is 17.2. The maximum Gasteiger partial charge on any atom is 0.416 e. The normalized spacial score (nSPS) is 20.3. The van der Waals surface area contributed by atoms with Crippen LogP contribution >= 0.6 is 0 Å². The summed E-state index contributed by atoms with van der Waals surface area (Å²) in [4.78, 5) is 17.7. The van der Waals surface area contributed by atoms with Crippen LogP contribution in [0.3, 0.4) is 0 Å². The van der Waals surface area contributed by atoms with E-state index in [1.165, 1.54) is 12.1 Å². The van der Waals surface area contributed by atoms with Gasteiger partial charge in [-0.3, -0.25) is 9.78 Å². The molecule has 1 aliphatic carbocycles. The van der Waals surface area contributed by atoms with Gasteiger partial charge in [-0.05, 0) is 47.2 Å². The number of ketones is 1. The maximum atomic E-state index is 14.0. The number of benzene rings is 2. The Morgan fingerprint density at radius 1 is 1.03 bits per heavy atom. The van der Waals surface area contributed by atoms with Crippen molar-refractivity contribution in [1.29, 1.82) is 0 Å². The molecule has 1 aromatic heterocycles. The fourth-order valence-electron chi connectivity index (χ4n) is 5.00. The van der Waals surface area contributed by atoms with Crippen LogP contribution in [0, 0.1) is 5.41 Å². The minimum absolute atomic E-state index is 0.104. The number of hydrogen-bond acceptors (Lipinski definition) is 3. The second kappa shape index (κ2) is 6.67. The van der Waals surface area contributed by atoms with Crippen LogP contribution in [0.5, 0.6) is 0 Å². The molecule has 5 rings (SSSR count). The Bertz CT molecular complexity index is 1260. The summed E-state index contributed by atoms with van der Waals surface area (Å²) in [6.45, 7) is 4.02. The lowest BCUT2D eigenvalue weighted by atomic mass is 9.67. The number of carbonyl (C=O) groups is 1. The van der Waals surface area contributed by atoms with E-state index in [1.54, 1.807) is 18.3 Å². The van der Waals surface area contributed by atoms with Gasteiger partial charge >= 0.3 is 6.18 Å². The van der Waals surface area contributed by atoms with Crippen molar-refractivity contribution in [2.75, 3.05) is 5.32 Å². The largest absolute Gasteiger partial charge is 0.416 e. The van der Waals surface area contributed by atoms with Gasteiger partial charge in [-0.2, -0.15) is 13.2 Å². The van der Waals surface area contributed by atoms with Crippen molar-refractivity contribution in [3.05, 3.63) is 82.7 Å². The van der Waals surface area contributed by atoms with Crippen molar-refractivity contribution >= 4 is 22.4 Å². The number of anilines is 1. The highest BCUT2D eigenvalue weighted by atomic mass is 19.4. The minimum Gasteiger partial charge on any atom is -0.358 e. The van der Waals surface area contributed by atoms with Gasteiger partial charge in [0.15, 0.2) is 5.78 Å². The van der Waals surface area contributed by atoms with Crippen LogP contribution in [0.25, 0.3) is 10.9 Å². The van der Waals surface area contributed by atoms with Gasteiger partial charge in [0.05, 0.1) is 11.1 Å². The molecule has 0 fully saturated rings. The molecule has 0 saturated heterocycles. The molecule has 0 radical (unpaired) electrons. The molecule has 6 heteroatoms. The van der Waals surface area contributed by atoms with Crippen LogP contribution in [0.15, 0.2) is 66.0 Å². The van der Waals surface area contributed by atoms with E-state index in [0.29, 0.717) is 29.5 Å². The van der Waals surface area contributed by atoms with Crippen LogP contribution in [0.4, 0.5) is 18.9 Å². The molecule has 158 valence electrons. The molecule has 2 heterocycles. The van der Waals surface area contributed by atoms with Gasteiger partial charge in [0, 0.05) is 40.9 Å². The van der Waals surface area contributed by atoms with Crippen molar-refractivity contribution in [2.24, 2.45) is 5.41 Å². The van der Waals surface area contributed by atoms with E-state index >= 15 is 0 Å². The highest BCUT2D eigenvalue weighted by Gasteiger charge is 2.44. The first kappa shape index (κ1) is 19.8. The lowest BCUT2D eigenvalue weighted by Crippen LogP contribution is -2.34. The van der Waals surface area contributed by atoms with Gasteiger partial charge in [-0.1, -0.05) is 38.1 Å². The number of fused-ring (bicyclic) bond motifs is 3.